The standard InChI is InChI=1S/C13H24N2O2/c1-13(17)7-9-15(10-13)12(16)6-5-11-4-2-3-8-14-11/h11,14,17H,2-10H2,1H3. The Hall–Kier alpha value is -0.610. The largest absolute Gasteiger partial charge is 0.388 e. The fraction of sp³-hybridized carbons (Fsp3) is 0.923. The monoisotopic (exact) mass is 240 g/mol. The van der Waals surface area contributed by atoms with Crippen molar-refractivity contribution in [1.82, 2.24) is 10.2 Å². The molecule has 2 saturated heterocycles. The number of carbonyl (C=O) groups is 1. The van der Waals surface area contributed by atoms with Crippen LogP contribution in [0.1, 0.15) is 45.4 Å². The summed E-state index contributed by atoms with van der Waals surface area (Å²) < 4.78 is 0. The van der Waals surface area contributed by atoms with Crippen molar-refractivity contribution < 1.29 is 9.90 Å². The number of nitrogens with zero attached hydrogens (tertiary/aromatic N) is 1. The molecular formula is C13H24N2O2. The first kappa shape index (κ1) is 12.8. The van der Waals surface area contributed by atoms with Gasteiger partial charge in [0.25, 0.3) is 0 Å². The van der Waals surface area contributed by atoms with Gasteiger partial charge in [0.15, 0.2) is 0 Å². The number of rotatable bonds is 3. The molecule has 2 aliphatic heterocycles. The van der Waals surface area contributed by atoms with Gasteiger partial charge in [-0.05, 0) is 39.2 Å². The molecule has 0 spiro atoms. The number of aliphatic hydroxyl groups is 1. The third-order valence-corrected chi connectivity index (χ3v) is 3.92. The van der Waals surface area contributed by atoms with Crippen LogP contribution in [0.4, 0.5) is 0 Å². The minimum atomic E-state index is -0.668. The van der Waals surface area contributed by atoms with Gasteiger partial charge >= 0.3 is 0 Å². The third-order valence-electron chi connectivity index (χ3n) is 3.92. The maximum Gasteiger partial charge on any atom is 0.222 e. The molecule has 2 atom stereocenters. The highest BCUT2D eigenvalue weighted by atomic mass is 16.3. The molecule has 2 N–H and O–H groups in total. The minimum absolute atomic E-state index is 0.204. The third kappa shape index (κ3) is 3.68. The normalized spacial score (nSPS) is 34.0. The van der Waals surface area contributed by atoms with Crippen LogP contribution in [0.5, 0.6) is 0 Å². The lowest BCUT2D eigenvalue weighted by Crippen LogP contribution is -2.37. The van der Waals surface area contributed by atoms with E-state index in [4.69, 9.17) is 0 Å². The zero-order valence-corrected chi connectivity index (χ0v) is 10.7. The Labute approximate surface area is 103 Å². The summed E-state index contributed by atoms with van der Waals surface area (Å²) in [7, 11) is 0. The highest BCUT2D eigenvalue weighted by molar-refractivity contribution is 5.76. The van der Waals surface area contributed by atoms with Crippen LogP contribution in [-0.4, -0.2) is 47.2 Å². The molecule has 0 saturated carbocycles. The molecule has 17 heavy (non-hydrogen) atoms. The molecular weight excluding hydrogens is 216 g/mol. The highest BCUT2D eigenvalue weighted by Gasteiger charge is 2.33. The minimum Gasteiger partial charge on any atom is -0.388 e. The quantitative estimate of drug-likeness (QED) is 0.770. The van der Waals surface area contributed by atoms with E-state index in [1.165, 1.54) is 19.3 Å². The van der Waals surface area contributed by atoms with E-state index >= 15 is 0 Å². The van der Waals surface area contributed by atoms with Crippen LogP contribution in [0.3, 0.4) is 0 Å². The maximum absolute atomic E-state index is 12.0. The molecule has 4 nitrogen and oxygen atoms in total. The molecule has 2 fully saturated rings. The Morgan fingerprint density at radius 1 is 1.53 bits per heavy atom. The molecule has 2 heterocycles. The first-order valence-corrected chi connectivity index (χ1v) is 6.80. The molecule has 2 aliphatic rings. The van der Waals surface area contributed by atoms with Crippen LogP contribution in [0.15, 0.2) is 0 Å². The zero-order chi connectivity index (χ0) is 12.3. The van der Waals surface area contributed by atoms with Crippen LogP contribution < -0.4 is 5.32 Å². The SMILES string of the molecule is CC1(O)CCN(C(=O)CCC2CCCCN2)C1. The van der Waals surface area contributed by atoms with Crippen LogP contribution in [0.25, 0.3) is 0 Å². The summed E-state index contributed by atoms with van der Waals surface area (Å²) in [6.45, 7) is 4.12. The van der Waals surface area contributed by atoms with E-state index in [9.17, 15) is 9.90 Å². The van der Waals surface area contributed by atoms with Gasteiger partial charge in [0.2, 0.25) is 5.91 Å². The van der Waals surface area contributed by atoms with E-state index in [2.05, 4.69) is 5.32 Å². The lowest BCUT2D eigenvalue weighted by atomic mass is 10.0. The van der Waals surface area contributed by atoms with E-state index in [0.717, 1.165) is 13.0 Å². The first-order valence-electron chi connectivity index (χ1n) is 6.80. The Balaban J connectivity index is 1.70. The van der Waals surface area contributed by atoms with Gasteiger partial charge in [-0.15, -0.1) is 0 Å². The van der Waals surface area contributed by atoms with Crippen molar-refractivity contribution in [3.8, 4) is 0 Å². The van der Waals surface area contributed by atoms with Crippen LogP contribution in [0, 0.1) is 0 Å². The van der Waals surface area contributed by atoms with Crippen LogP contribution in [-0.2, 0) is 4.79 Å². The molecule has 0 aromatic rings. The maximum atomic E-state index is 12.0. The van der Waals surface area contributed by atoms with Crippen LogP contribution in [0.2, 0.25) is 0 Å². The second-order valence-corrected chi connectivity index (χ2v) is 5.75. The summed E-state index contributed by atoms with van der Waals surface area (Å²) in [5.41, 5.74) is -0.668. The van der Waals surface area contributed by atoms with Crippen molar-refractivity contribution in [1.29, 1.82) is 0 Å². The van der Waals surface area contributed by atoms with Crippen molar-refractivity contribution >= 4 is 5.91 Å². The second kappa shape index (κ2) is 5.36. The predicted octanol–water partition coefficient (Wildman–Crippen LogP) is 0.892. The van der Waals surface area contributed by atoms with Gasteiger partial charge in [-0.3, -0.25) is 4.79 Å². The average Bonchev–Trinajstić information content (AvgIpc) is 2.68. The van der Waals surface area contributed by atoms with E-state index in [-0.39, 0.29) is 5.91 Å². The van der Waals surface area contributed by atoms with E-state index < -0.39 is 5.60 Å². The summed E-state index contributed by atoms with van der Waals surface area (Å²) in [5.74, 6) is 0.204. The fourth-order valence-electron chi connectivity index (χ4n) is 2.78. The Morgan fingerprint density at radius 2 is 2.35 bits per heavy atom. The number of hydrogen-bond acceptors (Lipinski definition) is 3. The molecule has 0 aromatic heterocycles. The number of amides is 1. The van der Waals surface area contributed by atoms with E-state index in [0.29, 0.717) is 32.0 Å². The molecule has 2 rings (SSSR count). The van der Waals surface area contributed by atoms with Gasteiger partial charge in [0.1, 0.15) is 0 Å². The molecule has 0 radical (unpaired) electrons. The van der Waals surface area contributed by atoms with E-state index in [1.807, 2.05) is 11.8 Å². The highest BCUT2D eigenvalue weighted by Crippen LogP contribution is 2.21. The Kier molecular flexibility index (Phi) is 4.05. The Morgan fingerprint density at radius 3 is 2.94 bits per heavy atom. The molecule has 2 unspecified atom stereocenters. The van der Waals surface area contributed by atoms with Crippen molar-refractivity contribution in [3.63, 3.8) is 0 Å². The number of likely N-dealkylation sites (tertiary alicyclic amines) is 1. The average molecular weight is 240 g/mol. The van der Waals surface area contributed by atoms with Crippen molar-refractivity contribution in [2.45, 2.75) is 57.1 Å². The number of hydrogen-bond donors (Lipinski definition) is 2. The smallest absolute Gasteiger partial charge is 0.222 e. The van der Waals surface area contributed by atoms with E-state index in [1.54, 1.807) is 0 Å². The van der Waals surface area contributed by atoms with Crippen LogP contribution >= 0.6 is 0 Å². The summed E-state index contributed by atoms with van der Waals surface area (Å²) in [5, 5.41) is 13.3. The van der Waals surface area contributed by atoms with Crippen molar-refractivity contribution in [2.75, 3.05) is 19.6 Å². The molecule has 98 valence electrons. The zero-order valence-electron chi connectivity index (χ0n) is 10.7. The molecule has 0 aliphatic carbocycles. The molecule has 0 aromatic carbocycles. The number of carbonyl (C=O) groups excluding carboxylic acids is 1. The van der Waals surface area contributed by atoms with Gasteiger partial charge in [-0.2, -0.15) is 0 Å². The number of piperidine rings is 1. The summed E-state index contributed by atoms with van der Waals surface area (Å²) >= 11 is 0. The molecule has 1 amide bonds. The van der Waals surface area contributed by atoms with Gasteiger partial charge in [-0.1, -0.05) is 6.42 Å². The number of nitrogens with one attached hydrogen (secondary N) is 1. The second-order valence-electron chi connectivity index (χ2n) is 5.75. The summed E-state index contributed by atoms with van der Waals surface area (Å²) in [6.07, 6.45) is 6.01. The summed E-state index contributed by atoms with van der Waals surface area (Å²) in [4.78, 5) is 13.8. The predicted molar refractivity (Wildman–Crippen MR) is 66.7 cm³/mol. The number of β-amino-alcohol motifs (C(OH)–C–C–N with tert-alkyl or cyclic N) is 1. The lowest BCUT2D eigenvalue weighted by Gasteiger charge is -2.24. The van der Waals surface area contributed by atoms with Crippen molar-refractivity contribution in [2.24, 2.45) is 0 Å². The molecule has 4 heteroatoms. The topological polar surface area (TPSA) is 52.6 Å². The Bertz CT molecular complexity index is 273. The summed E-state index contributed by atoms with van der Waals surface area (Å²) in [6, 6.07) is 0.524. The van der Waals surface area contributed by atoms with Gasteiger partial charge in [0, 0.05) is 25.6 Å². The molecule has 0 bridgehead atoms. The van der Waals surface area contributed by atoms with Crippen molar-refractivity contribution in [3.05, 3.63) is 0 Å². The lowest BCUT2D eigenvalue weighted by molar-refractivity contribution is -0.131. The van der Waals surface area contributed by atoms with Gasteiger partial charge in [0.05, 0.1) is 5.60 Å². The first-order chi connectivity index (χ1) is 8.07. The van der Waals surface area contributed by atoms with Gasteiger partial charge < -0.3 is 15.3 Å². The fourth-order valence-corrected chi connectivity index (χ4v) is 2.78. The van der Waals surface area contributed by atoms with Gasteiger partial charge in [-0.25, -0.2) is 0 Å².